The van der Waals surface area contributed by atoms with E-state index in [1.54, 1.807) is 16.6 Å². The van der Waals surface area contributed by atoms with E-state index in [-0.39, 0.29) is 17.6 Å². The fourth-order valence-corrected chi connectivity index (χ4v) is 4.08. The highest BCUT2D eigenvalue weighted by Crippen LogP contribution is 2.21. The topological polar surface area (TPSA) is 72.6 Å². The molecular weight excluding hydrogens is 385 g/mol. The summed E-state index contributed by atoms with van der Waals surface area (Å²) in [6, 6.07) is 6.04. The zero-order chi connectivity index (χ0) is 21.1. The summed E-state index contributed by atoms with van der Waals surface area (Å²) in [5.74, 6) is 1.39. The SMILES string of the molecule is Cc1nc2ncnn2c(C)c1CCC(=O)N1CCC[C@@H](COc2ccc(F)cc2)C1. The summed E-state index contributed by atoms with van der Waals surface area (Å²) < 4.78 is 20.5. The first-order chi connectivity index (χ1) is 14.5. The first-order valence-electron chi connectivity index (χ1n) is 10.3. The number of amides is 1. The Kier molecular flexibility index (Phi) is 5.92. The molecule has 158 valence electrons. The molecule has 4 rings (SSSR count). The second-order valence-corrected chi connectivity index (χ2v) is 7.85. The van der Waals surface area contributed by atoms with Crippen LogP contribution in [-0.2, 0) is 11.2 Å². The molecule has 3 aromatic rings. The maximum Gasteiger partial charge on any atom is 0.252 e. The highest BCUT2D eigenvalue weighted by Gasteiger charge is 2.24. The summed E-state index contributed by atoms with van der Waals surface area (Å²) >= 11 is 0. The van der Waals surface area contributed by atoms with Crippen LogP contribution in [0.2, 0.25) is 0 Å². The van der Waals surface area contributed by atoms with E-state index < -0.39 is 0 Å². The number of benzene rings is 1. The van der Waals surface area contributed by atoms with Gasteiger partial charge >= 0.3 is 0 Å². The van der Waals surface area contributed by atoms with E-state index in [4.69, 9.17) is 4.74 Å². The zero-order valence-electron chi connectivity index (χ0n) is 17.3. The molecule has 0 spiro atoms. The Balaban J connectivity index is 1.33. The van der Waals surface area contributed by atoms with Crippen LogP contribution in [-0.4, -0.2) is 50.1 Å². The molecule has 8 heteroatoms. The van der Waals surface area contributed by atoms with Crippen molar-refractivity contribution < 1.29 is 13.9 Å². The number of hydrogen-bond acceptors (Lipinski definition) is 5. The number of hydrogen-bond donors (Lipinski definition) is 0. The number of carbonyl (C=O) groups excluding carboxylic acids is 1. The Morgan fingerprint density at radius 1 is 1.27 bits per heavy atom. The molecule has 1 amide bonds. The predicted molar refractivity (Wildman–Crippen MR) is 110 cm³/mol. The molecule has 7 nitrogen and oxygen atoms in total. The van der Waals surface area contributed by atoms with Gasteiger partial charge in [-0.05, 0) is 62.9 Å². The lowest BCUT2D eigenvalue weighted by Crippen LogP contribution is -2.41. The van der Waals surface area contributed by atoms with Crippen LogP contribution in [0.5, 0.6) is 5.75 Å². The normalized spacial score (nSPS) is 16.8. The van der Waals surface area contributed by atoms with Crippen LogP contribution in [0, 0.1) is 25.6 Å². The second kappa shape index (κ2) is 8.77. The largest absolute Gasteiger partial charge is 0.493 e. The Hall–Kier alpha value is -3.03. The standard InChI is InChI=1S/C22H26FN5O2/c1-15-20(16(2)28-22(26-15)24-14-25-28)9-10-21(29)27-11-3-4-17(12-27)13-30-19-7-5-18(23)6-8-19/h5-8,14,17H,3-4,9-13H2,1-2H3/t17-/m1/s1. The Morgan fingerprint density at radius 3 is 2.87 bits per heavy atom. The third kappa shape index (κ3) is 4.42. The second-order valence-electron chi connectivity index (χ2n) is 7.85. The van der Waals surface area contributed by atoms with E-state index in [0.29, 0.717) is 37.5 Å². The summed E-state index contributed by atoms with van der Waals surface area (Å²) in [6.07, 6.45) is 4.55. The minimum atomic E-state index is -0.277. The fourth-order valence-electron chi connectivity index (χ4n) is 4.08. The van der Waals surface area contributed by atoms with Gasteiger partial charge in [0.25, 0.3) is 5.78 Å². The van der Waals surface area contributed by atoms with Gasteiger partial charge in [0, 0.05) is 36.8 Å². The number of aryl methyl sites for hydroxylation is 2. The molecule has 3 heterocycles. The van der Waals surface area contributed by atoms with Gasteiger partial charge in [-0.15, -0.1) is 0 Å². The summed E-state index contributed by atoms with van der Waals surface area (Å²) in [5, 5.41) is 4.21. The molecule has 0 aliphatic carbocycles. The zero-order valence-corrected chi connectivity index (χ0v) is 17.3. The molecule has 1 fully saturated rings. The van der Waals surface area contributed by atoms with Gasteiger partial charge in [-0.2, -0.15) is 10.1 Å². The quantitative estimate of drug-likeness (QED) is 0.623. The average Bonchev–Trinajstić information content (AvgIpc) is 3.22. The minimum absolute atomic E-state index is 0.152. The molecule has 1 atom stereocenters. The first-order valence-corrected chi connectivity index (χ1v) is 10.3. The lowest BCUT2D eigenvalue weighted by Gasteiger charge is -2.33. The number of nitrogens with zero attached hydrogens (tertiary/aromatic N) is 5. The number of ether oxygens (including phenoxy) is 1. The van der Waals surface area contributed by atoms with E-state index >= 15 is 0 Å². The van der Waals surface area contributed by atoms with Gasteiger partial charge in [0.2, 0.25) is 5.91 Å². The van der Waals surface area contributed by atoms with Crippen LogP contribution in [0.4, 0.5) is 4.39 Å². The fraction of sp³-hybridized carbons (Fsp3) is 0.455. The molecule has 1 aliphatic rings. The highest BCUT2D eigenvalue weighted by molar-refractivity contribution is 5.76. The maximum atomic E-state index is 13.0. The van der Waals surface area contributed by atoms with Crippen LogP contribution in [0.15, 0.2) is 30.6 Å². The van der Waals surface area contributed by atoms with Gasteiger partial charge in [0.15, 0.2) is 0 Å². The lowest BCUT2D eigenvalue weighted by molar-refractivity contribution is -0.133. The minimum Gasteiger partial charge on any atom is -0.493 e. The van der Waals surface area contributed by atoms with Gasteiger partial charge in [0.05, 0.1) is 6.61 Å². The molecule has 1 aliphatic heterocycles. The summed E-state index contributed by atoms with van der Waals surface area (Å²) in [7, 11) is 0. The lowest BCUT2D eigenvalue weighted by atomic mass is 9.98. The summed E-state index contributed by atoms with van der Waals surface area (Å²) in [5.41, 5.74) is 2.92. The molecule has 1 saturated heterocycles. The van der Waals surface area contributed by atoms with Gasteiger partial charge in [-0.25, -0.2) is 13.9 Å². The van der Waals surface area contributed by atoms with E-state index in [0.717, 1.165) is 36.3 Å². The molecule has 0 radical (unpaired) electrons. The third-order valence-electron chi connectivity index (χ3n) is 5.75. The number of aromatic nitrogens is 4. The first kappa shape index (κ1) is 20.3. The van der Waals surface area contributed by atoms with Crippen molar-refractivity contribution in [2.24, 2.45) is 5.92 Å². The van der Waals surface area contributed by atoms with E-state index in [2.05, 4.69) is 15.1 Å². The van der Waals surface area contributed by atoms with Crippen molar-refractivity contribution in [3.05, 3.63) is 53.4 Å². The maximum absolute atomic E-state index is 13.0. The molecule has 0 N–H and O–H groups in total. The van der Waals surface area contributed by atoms with Crippen molar-refractivity contribution in [1.29, 1.82) is 0 Å². The van der Waals surface area contributed by atoms with Crippen molar-refractivity contribution in [2.75, 3.05) is 19.7 Å². The van der Waals surface area contributed by atoms with Crippen molar-refractivity contribution in [3.8, 4) is 5.75 Å². The average molecular weight is 411 g/mol. The van der Waals surface area contributed by atoms with Crippen molar-refractivity contribution >= 4 is 11.7 Å². The number of fused-ring (bicyclic) bond motifs is 1. The van der Waals surface area contributed by atoms with Crippen LogP contribution < -0.4 is 4.74 Å². The molecule has 0 unspecified atom stereocenters. The van der Waals surface area contributed by atoms with E-state index in [1.807, 2.05) is 18.7 Å². The molecule has 1 aromatic carbocycles. The summed E-state index contributed by atoms with van der Waals surface area (Å²) in [6.45, 7) is 5.94. The number of piperidine rings is 1. The smallest absolute Gasteiger partial charge is 0.252 e. The van der Waals surface area contributed by atoms with Gasteiger partial charge < -0.3 is 9.64 Å². The Bertz CT molecular complexity index is 1030. The van der Waals surface area contributed by atoms with Gasteiger partial charge in [0.1, 0.15) is 17.9 Å². The monoisotopic (exact) mass is 411 g/mol. The molecule has 30 heavy (non-hydrogen) atoms. The Morgan fingerprint density at radius 2 is 2.07 bits per heavy atom. The van der Waals surface area contributed by atoms with Crippen molar-refractivity contribution in [1.82, 2.24) is 24.5 Å². The van der Waals surface area contributed by atoms with Crippen molar-refractivity contribution in [3.63, 3.8) is 0 Å². The predicted octanol–water partition coefficient (Wildman–Crippen LogP) is 3.13. The van der Waals surface area contributed by atoms with Gasteiger partial charge in [-0.1, -0.05) is 0 Å². The van der Waals surface area contributed by atoms with Crippen LogP contribution in [0.1, 0.15) is 36.2 Å². The van der Waals surface area contributed by atoms with E-state index in [1.165, 1.54) is 18.5 Å². The molecular formula is C22H26FN5O2. The molecule has 0 bridgehead atoms. The van der Waals surface area contributed by atoms with Crippen LogP contribution in [0.25, 0.3) is 5.78 Å². The number of rotatable bonds is 6. The number of halogens is 1. The number of carbonyl (C=O) groups is 1. The highest BCUT2D eigenvalue weighted by atomic mass is 19.1. The number of likely N-dealkylation sites (tertiary alicyclic amines) is 1. The summed E-state index contributed by atoms with van der Waals surface area (Å²) in [4.78, 5) is 23.4. The Labute approximate surface area is 174 Å². The van der Waals surface area contributed by atoms with Crippen LogP contribution in [0.3, 0.4) is 0 Å². The molecule has 2 aromatic heterocycles. The molecule has 0 saturated carbocycles. The van der Waals surface area contributed by atoms with E-state index in [9.17, 15) is 9.18 Å². The van der Waals surface area contributed by atoms with Crippen molar-refractivity contribution in [2.45, 2.75) is 39.5 Å². The van der Waals surface area contributed by atoms with Gasteiger partial charge in [-0.3, -0.25) is 4.79 Å². The third-order valence-corrected chi connectivity index (χ3v) is 5.75. The van der Waals surface area contributed by atoms with Crippen LogP contribution >= 0.6 is 0 Å².